The van der Waals surface area contributed by atoms with Crippen LogP contribution in [0.2, 0.25) is 5.02 Å². The van der Waals surface area contributed by atoms with Crippen LogP contribution < -0.4 is 10.6 Å². The van der Waals surface area contributed by atoms with Gasteiger partial charge in [0.25, 0.3) is 5.91 Å². The highest BCUT2D eigenvalue weighted by Gasteiger charge is 2.47. The molecule has 0 bridgehead atoms. The minimum Gasteiger partial charge on any atom is -0.383 e. The van der Waals surface area contributed by atoms with Crippen molar-refractivity contribution < 1.29 is 22.7 Å². The molecule has 1 aliphatic rings. The van der Waals surface area contributed by atoms with Gasteiger partial charge in [-0.15, -0.1) is 0 Å². The van der Waals surface area contributed by atoms with E-state index in [1.165, 1.54) is 7.11 Å². The average Bonchev–Trinajstić information content (AvgIpc) is 2.98. The number of benzene rings is 1. The van der Waals surface area contributed by atoms with Gasteiger partial charge in [-0.2, -0.15) is 18.3 Å². The Bertz CT molecular complexity index is 857. The van der Waals surface area contributed by atoms with Crippen molar-refractivity contribution in [1.82, 2.24) is 15.1 Å². The number of rotatable bonds is 5. The lowest BCUT2D eigenvalue weighted by atomic mass is 9.97. The summed E-state index contributed by atoms with van der Waals surface area (Å²) in [5.41, 5.74) is 0.415. The highest BCUT2D eigenvalue weighted by atomic mass is 79.9. The van der Waals surface area contributed by atoms with Gasteiger partial charge in [-0.3, -0.25) is 4.79 Å². The molecule has 0 saturated carbocycles. The molecule has 1 amide bonds. The first-order valence-electron chi connectivity index (χ1n) is 8.36. The van der Waals surface area contributed by atoms with Crippen LogP contribution in [0.5, 0.6) is 0 Å². The Morgan fingerprint density at radius 3 is 2.71 bits per heavy atom. The van der Waals surface area contributed by atoms with Crippen LogP contribution in [-0.4, -0.2) is 42.1 Å². The van der Waals surface area contributed by atoms with Crippen LogP contribution in [0.25, 0.3) is 0 Å². The van der Waals surface area contributed by atoms with Crippen molar-refractivity contribution in [3.8, 4) is 0 Å². The molecule has 0 unspecified atom stereocenters. The second kappa shape index (κ2) is 8.30. The highest BCUT2D eigenvalue weighted by molar-refractivity contribution is 9.10. The molecule has 6 nitrogen and oxygen atoms in total. The summed E-state index contributed by atoms with van der Waals surface area (Å²) in [7, 11) is 1.47. The maximum Gasteiger partial charge on any atom is 0.410 e. The van der Waals surface area contributed by atoms with Gasteiger partial charge in [0.15, 0.2) is 11.7 Å². The van der Waals surface area contributed by atoms with Crippen LogP contribution in [0.1, 0.15) is 34.6 Å². The van der Waals surface area contributed by atoms with Crippen molar-refractivity contribution in [3.63, 3.8) is 0 Å². The summed E-state index contributed by atoms with van der Waals surface area (Å²) in [5, 5.41) is 9.22. The number of fused-ring (bicyclic) bond motifs is 1. The van der Waals surface area contributed by atoms with Crippen LogP contribution in [0.15, 0.2) is 28.7 Å². The van der Waals surface area contributed by atoms with Crippen LogP contribution in [-0.2, 0) is 4.74 Å². The average molecular weight is 482 g/mol. The molecule has 1 aromatic heterocycles. The summed E-state index contributed by atoms with van der Waals surface area (Å²) in [5.74, 6) is -0.688. The molecule has 1 aliphatic heterocycles. The van der Waals surface area contributed by atoms with Gasteiger partial charge in [-0.1, -0.05) is 39.7 Å². The van der Waals surface area contributed by atoms with Crippen molar-refractivity contribution in [1.29, 1.82) is 0 Å². The van der Waals surface area contributed by atoms with Gasteiger partial charge in [-0.25, -0.2) is 4.68 Å². The number of nitrogens with one attached hydrogen (secondary N) is 2. The number of methoxy groups -OCH3 is 1. The van der Waals surface area contributed by atoms with E-state index in [1.54, 1.807) is 24.3 Å². The molecule has 0 radical (unpaired) electrons. The van der Waals surface area contributed by atoms with Crippen LogP contribution in [0.4, 0.5) is 19.0 Å². The predicted octanol–water partition coefficient (Wildman–Crippen LogP) is 4.34. The molecule has 2 heterocycles. The van der Waals surface area contributed by atoms with E-state index >= 15 is 0 Å². The molecule has 2 atom stereocenters. The van der Waals surface area contributed by atoms with Gasteiger partial charge in [0.2, 0.25) is 0 Å². The van der Waals surface area contributed by atoms with Crippen LogP contribution in [0.3, 0.4) is 0 Å². The molecule has 0 fully saturated rings. The van der Waals surface area contributed by atoms with Gasteiger partial charge in [0.1, 0.15) is 10.8 Å². The molecular formula is C17H17BrClF3N4O2. The highest BCUT2D eigenvalue weighted by Crippen LogP contribution is 2.46. The third-order valence-corrected chi connectivity index (χ3v) is 5.26. The quantitative estimate of drug-likeness (QED) is 0.624. The SMILES string of the molecule is COCCNC(=O)c1nn2c(c1Cl)N[C@@H](c1ccc(Br)cc1)C[C@H]2C(F)(F)F. The Morgan fingerprint density at radius 2 is 2.11 bits per heavy atom. The number of amides is 1. The molecule has 2 N–H and O–H groups in total. The fourth-order valence-corrected chi connectivity index (χ4v) is 3.53. The number of halogens is 5. The van der Waals surface area contributed by atoms with Crippen LogP contribution >= 0.6 is 27.5 Å². The summed E-state index contributed by atoms with van der Waals surface area (Å²) in [4.78, 5) is 12.3. The Hall–Kier alpha value is -1.78. The Labute approximate surface area is 172 Å². The molecular weight excluding hydrogens is 465 g/mol. The first-order chi connectivity index (χ1) is 13.2. The maximum atomic E-state index is 13.7. The molecule has 0 saturated heterocycles. The second-order valence-electron chi connectivity index (χ2n) is 6.25. The van der Waals surface area contributed by atoms with Crippen LogP contribution in [0, 0.1) is 0 Å². The minimum absolute atomic E-state index is 0.0277. The molecule has 2 aromatic rings. The topological polar surface area (TPSA) is 68.2 Å². The van der Waals surface area contributed by atoms with E-state index in [-0.39, 0.29) is 36.1 Å². The second-order valence-corrected chi connectivity index (χ2v) is 7.54. The smallest absolute Gasteiger partial charge is 0.383 e. The fraction of sp³-hybridized carbons (Fsp3) is 0.412. The summed E-state index contributed by atoms with van der Waals surface area (Å²) < 4.78 is 47.5. The molecule has 3 rings (SSSR count). The summed E-state index contributed by atoms with van der Waals surface area (Å²) in [6.45, 7) is 0.442. The lowest BCUT2D eigenvalue weighted by molar-refractivity contribution is -0.173. The van der Waals surface area contributed by atoms with E-state index in [9.17, 15) is 18.0 Å². The first-order valence-corrected chi connectivity index (χ1v) is 9.53. The van der Waals surface area contributed by atoms with Crippen molar-refractivity contribution in [2.45, 2.75) is 24.7 Å². The zero-order chi connectivity index (χ0) is 20.5. The van der Waals surface area contributed by atoms with Gasteiger partial charge >= 0.3 is 6.18 Å². The third kappa shape index (κ3) is 4.28. The molecule has 11 heteroatoms. The van der Waals surface area contributed by atoms with Gasteiger partial charge in [-0.05, 0) is 17.7 Å². The number of carbonyl (C=O) groups excluding carboxylic acids is 1. The van der Waals surface area contributed by atoms with E-state index in [0.717, 1.165) is 9.15 Å². The monoisotopic (exact) mass is 480 g/mol. The number of carbonyl (C=O) groups is 1. The van der Waals surface area contributed by atoms with Gasteiger partial charge in [0, 0.05) is 24.5 Å². The molecule has 152 valence electrons. The molecule has 0 aliphatic carbocycles. The van der Waals surface area contributed by atoms with Gasteiger partial charge < -0.3 is 15.4 Å². The number of anilines is 1. The minimum atomic E-state index is -4.55. The fourth-order valence-electron chi connectivity index (χ4n) is 3.00. The van der Waals surface area contributed by atoms with Crippen molar-refractivity contribution >= 4 is 39.3 Å². The molecule has 1 aromatic carbocycles. The zero-order valence-corrected chi connectivity index (χ0v) is 17.0. The van der Waals surface area contributed by atoms with Crippen molar-refractivity contribution in [3.05, 3.63) is 45.0 Å². The third-order valence-electron chi connectivity index (χ3n) is 4.37. The van der Waals surface area contributed by atoms with E-state index in [1.807, 2.05) is 0 Å². The molecule has 28 heavy (non-hydrogen) atoms. The zero-order valence-electron chi connectivity index (χ0n) is 14.7. The lowest BCUT2D eigenvalue weighted by Gasteiger charge is -2.33. The Morgan fingerprint density at radius 1 is 1.43 bits per heavy atom. The molecule has 0 spiro atoms. The number of aromatic nitrogens is 2. The van der Waals surface area contributed by atoms with Crippen molar-refractivity contribution in [2.75, 3.05) is 25.6 Å². The van der Waals surface area contributed by atoms with Crippen molar-refractivity contribution in [2.24, 2.45) is 0 Å². The predicted molar refractivity (Wildman–Crippen MR) is 102 cm³/mol. The normalized spacial score (nSPS) is 19.1. The number of hydrogen-bond acceptors (Lipinski definition) is 4. The summed E-state index contributed by atoms with van der Waals surface area (Å²) in [6, 6.07) is 4.42. The number of ether oxygens (including phenoxy) is 1. The standard InChI is InChI=1S/C17H17BrClF3N4O2/c1-28-7-6-23-16(27)14-13(19)15-24-11(9-2-4-10(18)5-3-9)8-12(17(20,21)22)26(15)25-14/h2-5,11-12,24H,6-8H2,1H3,(H,23,27)/t11-,12+/m1/s1. The first kappa shape index (κ1) is 20.9. The van der Waals surface area contributed by atoms with E-state index in [0.29, 0.717) is 5.56 Å². The number of nitrogens with zero attached hydrogens (tertiary/aromatic N) is 2. The van der Waals surface area contributed by atoms with E-state index in [4.69, 9.17) is 16.3 Å². The summed E-state index contributed by atoms with van der Waals surface area (Å²) in [6.07, 6.45) is -4.83. The summed E-state index contributed by atoms with van der Waals surface area (Å²) >= 11 is 9.54. The van der Waals surface area contributed by atoms with E-state index < -0.39 is 24.2 Å². The Balaban J connectivity index is 1.96. The Kier molecular flexibility index (Phi) is 6.21. The van der Waals surface area contributed by atoms with Gasteiger partial charge in [0.05, 0.1) is 12.6 Å². The maximum absolute atomic E-state index is 13.7. The van der Waals surface area contributed by atoms with E-state index in [2.05, 4.69) is 31.7 Å². The number of alkyl halides is 3. The largest absolute Gasteiger partial charge is 0.410 e. The lowest BCUT2D eigenvalue weighted by Crippen LogP contribution is -2.36. The number of hydrogen-bond donors (Lipinski definition) is 2.